The molecular weight excluding hydrogens is 148 g/mol. The van der Waals surface area contributed by atoms with Gasteiger partial charge >= 0.3 is 0 Å². The van der Waals surface area contributed by atoms with Gasteiger partial charge < -0.3 is 11.1 Å². The minimum absolute atomic E-state index is 0.175. The van der Waals surface area contributed by atoms with Crippen molar-refractivity contribution in [2.75, 3.05) is 6.54 Å². The molecule has 1 aliphatic heterocycles. The summed E-state index contributed by atoms with van der Waals surface area (Å²) in [7, 11) is 0. The summed E-state index contributed by atoms with van der Waals surface area (Å²) in [6.45, 7) is 3.97. The number of fused-ring (bicyclic) bond motifs is 1. The van der Waals surface area contributed by atoms with Gasteiger partial charge in [0.25, 0.3) is 0 Å². The first-order valence-electron chi connectivity index (χ1n) is 4.33. The zero-order valence-electron chi connectivity index (χ0n) is 7.30. The predicted molar refractivity (Wildman–Crippen MR) is 49.8 cm³/mol. The van der Waals surface area contributed by atoms with Crippen molar-refractivity contribution in [3.05, 3.63) is 34.9 Å². The highest BCUT2D eigenvalue weighted by molar-refractivity contribution is 5.35. The fourth-order valence-electron chi connectivity index (χ4n) is 1.69. The van der Waals surface area contributed by atoms with Crippen LogP contribution < -0.4 is 11.1 Å². The molecule has 2 heteroatoms. The third-order valence-corrected chi connectivity index (χ3v) is 2.38. The lowest BCUT2D eigenvalue weighted by molar-refractivity contribution is 0.555. The van der Waals surface area contributed by atoms with Crippen molar-refractivity contribution in [2.24, 2.45) is 5.73 Å². The van der Waals surface area contributed by atoms with Crippen molar-refractivity contribution < 1.29 is 0 Å². The minimum Gasteiger partial charge on any atom is -0.323 e. The summed E-state index contributed by atoms with van der Waals surface area (Å²) in [4.78, 5) is 0. The second-order valence-electron chi connectivity index (χ2n) is 3.44. The highest BCUT2D eigenvalue weighted by Gasteiger charge is 2.15. The Labute approximate surface area is 72.8 Å². The van der Waals surface area contributed by atoms with Gasteiger partial charge in [0.1, 0.15) is 0 Å². The van der Waals surface area contributed by atoms with E-state index in [-0.39, 0.29) is 6.04 Å². The first-order chi connectivity index (χ1) is 5.77. The van der Waals surface area contributed by atoms with Gasteiger partial charge in [-0.05, 0) is 18.1 Å². The van der Waals surface area contributed by atoms with Crippen molar-refractivity contribution in [1.82, 2.24) is 5.32 Å². The summed E-state index contributed by atoms with van der Waals surface area (Å²) in [5, 5.41) is 3.29. The largest absolute Gasteiger partial charge is 0.323 e. The number of hydrogen-bond donors (Lipinski definition) is 2. The molecule has 1 unspecified atom stereocenters. The van der Waals surface area contributed by atoms with E-state index in [1.807, 2.05) is 0 Å². The Kier molecular flexibility index (Phi) is 1.87. The Morgan fingerprint density at radius 3 is 3.17 bits per heavy atom. The molecule has 0 amide bonds. The van der Waals surface area contributed by atoms with Gasteiger partial charge in [0.15, 0.2) is 0 Å². The topological polar surface area (TPSA) is 38.0 Å². The molecule has 0 radical (unpaired) electrons. The van der Waals surface area contributed by atoms with E-state index in [4.69, 9.17) is 5.73 Å². The molecule has 1 heterocycles. The van der Waals surface area contributed by atoms with Crippen molar-refractivity contribution in [3.63, 3.8) is 0 Å². The standard InChI is InChI=1S/C10H14N2/c1-7-2-3-8-5-12-6-10(11)9(8)4-7/h2-4,10,12H,5-6,11H2,1H3. The van der Waals surface area contributed by atoms with Gasteiger partial charge in [-0.15, -0.1) is 0 Å². The SMILES string of the molecule is Cc1ccc2c(c1)C(N)CNC2. The fourth-order valence-corrected chi connectivity index (χ4v) is 1.69. The molecule has 0 saturated heterocycles. The summed E-state index contributed by atoms with van der Waals surface area (Å²) < 4.78 is 0. The van der Waals surface area contributed by atoms with Crippen molar-refractivity contribution in [1.29, 1.82) is 0 Å². The number of hydrogen-bond acceptors (Lipinski definition) is 2. The first kappa shape index (κ1) is 7.77. The van der Waals surface area contributed by atoms with Gasteiger partial charge in [0, 0.05) is 19.1 Å². The van der Waals surface area contributed by atoms with Crippen LogP contribution in [-0.2, 0) is 6.54 Å². The first-order valence-corrected chi connectivity index (χ1v) is 4.33. The molecule has 0 aromatic heterocycles. The Morgan fingerprint density at radius 1 is 1.50 bits per heavy atom. The number of nitrogens with one attached hydrogen (secondary N) is 1. The van der Waals surface area contributed by atoms with Gasteiger partial charge in [-0.1, -0.05) is 23.8 Å². The zero-order valence-corrected chi connectivity index (χ0v) is 7.30. The van der Waals surface area contributed by atoms with E-state index in [0.29, 0.717) is 0 Å². The average Bonchev–Trinajstić information content (AvgIpc) is 2.07. The smallest absolute Gasteiger partial charge is 0.0425 e. The highest BCUT2D eigenvalue weighted by Crippen LogP contribution is 2.20. The Morgan fingerprint density at radius 2 is 2.33 bits per heavy atom. The third-order valence-electron chi connectivity index (χ3n) is 2.38. The monoisotopic (exact) mass is 162 g/mol. The van der Waals surface area contributed by atoms with Gasteiger partial charge in [-0.2, -0.15) is 0 Å². The summed E-state index contributed by atoms with van der Waals surface area (Å²) >= 11 is 0. The number of benzene rings is 1. The Bertz CT molecular complexity index is 294. The van der Waals surface area contributed by atoms with Crippen LogP contribution >= 0.6 is 0 Å². The molecule has 0 spiro atoms. The maximum absolute atomic E-state index is 5.95. The van der Waals surface area contributed by atoms with E-state index < -0.39 is 0 Å². The maximum Gasteiger partial charge on any atom is 0.0425 e. The lowest BCUT2D eigenvalue weighted by atomic mass is 9.95. The predicted octanol–water partition coefficient (Wildman–Crippen LogP) is 1.10. The quantitative estimate of drug-likeness (QED) is 0.599. The molecule has 0 saturated carbocycles. The second kappa shape index (κ2) is 2.88. The average molecular weight is 162 g/mol. The van der Waals surface area contributed by atoms with Crippen molar-refractivity contribution in [3.8, 4) is 0 Å². The van der Waals surface area contributed by atoms with E-state index in [1.54, 1.807) is 0 Å². The Balaban J connectivity index is 2.47. The van der Waals surface area contributed by atoms with E-state index in [2.05, 4.69) is 30.4 Å². The molecule has 1 atom stereocenters. The van der Waals surface area contributed by atoms with Crippen molar-refractivity contribution >= 4 is 0 Å². The van der Waals surface area contributed by atoms with Crippen molar-refractivity contribution in [2.45, 2.75) is 19.5 Å². The molecule has 0 bridgehead atoms. The van der Waals surface area contributed by atoms with E-state index >= 15 is 0 Å². The van der Waals surface area contributed by atoms with Crippen LogP contribution in [0.2, 0.25) is 0 Å². The van der Waals surface area contributed by atoms with Crippen LogP contribution in [0.4, 0.5) is 0 Å². The van der Waals surface area contributed by atoms with E-state index in [1.165, 1.54) is 16.7 Å². The van der Waals surface area contributed by atoms with Crippen LogP contribution in [0.15, 0.2) is 18.2 Å². The molecule has 12 heavy (non-hydrogen) atoms. The molecule has 0 fully saturated rings. The molecule has 0 aliphatic carbocycles. The van der Waals surface area contributed by atoms with Crippen LogP contribution in [-0.4, -0.2) is 6.54 Å². The van der Waals surface area contributed by atoms with Crippen LogP contribution in [0.1, 0.15) is 22.7 Å². The lowest BCUT2D eigenvalue weighted by Gasteiger charge is -2.23. The summed E-state index contributed by atoms with van der Waals surface area (Å²) in [6, 6.07) is 6.67. The molecule has 3 N–H and O–H groups in total. The molecular formula is C10H14N2. The highest BCUT2D eigenvalue weighted by atomic mass is 14.9. The van der Waals surface area contributed by atoms with E-state index in [0.717, 1.165) is 13.1 Å². The molecule has 1 aromatic carbocycles. The van der Waals surface area contributed by atoms with Gasteiger partial charge in [-0.3, -0.25) is 0 Å². The zero-order chi connectivity index (χ0) is 8.55. The lowest BCUT2D eigenvalue weighted by Crippen LogP contribution is -2.32. The van der Waals surface area contributed by atoms with Crippen LogP contribution in [0.3, 0.4) is 0 Å². The van der Waals surface area contributed by atoms with E-state index in [9.17, 15) is 0 Å². The fraction of sp³-hybridized carbons (Fsp3) is 0.400. The number of nitrogens with two attached hydrogens (primary N) is 1. The molecule has 64 valence electrons. The van der Waals surface area contributed by atoms with Crippen LogP contribution in [0.25, 0.3) is 0 Å². The molecule has 2 nitrogen and oxygen atoms in total. The van der Waals surface area contributed by atoms with Gasteiger partial charge in [-0.25, -0.2) is 0 Å². The maximum atomic E-state index is 5.95. The second-order valence-corrected chi connectivity index (χ2v) is 3.44. The minimum atomic E-state index is 0.175. The number of aryl methyl sites for hydroxylation is 1. The normalized spacial score (nSPS) is 22.0. The third kappa shape index (κ3) is 1.24. The summed E-state index contributed by atoms with van der Waals surface area (Å²) in [6.07, 6.45) is 0. The van der Waals surface area contributed by atoms with Gasteiger partial charge in [0.05, 0.1) is 0 Å². The summed E-state index contributed by atoms with van der Waals surface area (Å²) in [5.74, 6) is 0. The van der Waals surface area contributed by atoms with Crippen LogP contribution in [0, 0.1) is 6.92 Å². The molecule has 1 aliphatic rings. The Hall–Kier alpha value is -0.860. The summed E-state index contributed by atoms with van der Waals surface area (Å²) in [5.41, 5.74) is 9.91. The van der Waals surface area contributed by atoms with Gasteiger partial charge in [0.2, 0.25) is 0 Å². The van der Waals surface area contributed by atoms with Crippen LogP contribution in [0.5, 0.6) is 0 Å². The molecule has 1 aromatic rings. The number of rotatable bonds is 0. The molecule has 2 rings (SSSR count).